The van der Waals surface area contributed by atoms with Gasteiger partial charge in [0.15, 0.2) is 0 Å². The maximum absolute atomic E-state index is 13.1. The van der Waals surface area contributed by atoms with E-state index < -0.39 is 5.97 Å². The largest absolute Gasteiger partial charge is 0.427 e. The van der Waals surface area contributed by atoms with Crippen molar-refractivity contribution in [3.8, 4) is 16.9 Å². The lowest BCUT2D eigenvalue weighted by atomic mass is 9.98. The summed E-state index contributed by atoms with van der Waals surface area (Å²) in [5.41, 5.74) is 1.91. The molecule has 27 heavy (non-hydrogen) atoms. The van der Waals surface area contributed by atoms with Crippen molar-refractivity contribution in [1.29, 1.82) is 0 Å². The molecule has 0 radical (unpaired) electrons. The minimum Gasteiger partial charge on any atom is -0.427 e. The second kappa shape index (κ2) is 9.77. The number of esters is 1. The number of amides is 1. The van der Waals surface area contributed by atoms with Crippen LogP contribution in [0.25, 0.3) is 11.1 Å². The quantitative estimate of drug-likeness (QED) is 0.427. The molecular formula is C21H23Cl2NO3. The molecule has 2 aromatic carbocycles. The van der Waals surface area contributed by atoms with Gasteiger partial charge in [-0.05, 0) is 54.8 Å². The second-order valence-corrected chi connectivity index (χ2v) is 6.98. The van der Waals surface area contributed by atoms with Crippen LogP contribution in [0.4, 0.5) is 0 Å². The van der Waals surface area contributed by atoms with E-state index in [9.17, 15) is 9.59 Å². The summed E-state index contributed by atoms with van der Waals surface area (Å²) >= 11 is 12.2. The number of ether oxygens (including phenoxy) is 1. The van der Waals surface area contributed by atoms with Crippen molar-refractivity contribution in [2.45, 2.75) is 33.6 Å². The summed E-state index contributed by atoms with van der Waals surface area (Å²) in [7, 11) is 0. The summed E-state index contributed by atoms with van der Waals surface area (Å²) in [4.78, 5) is 26.2. The van der Waals surface area contributed by atoms with Gasteiger partial charge in [-0.1, -0.05) is 42.6 Å². The number of carbonyl (C=O) groups excluding carboxylic acids is 2. The van der Waals surface area contributed by atoms with E-state index >= 15 is 0 Å². The van der Waals surface area contributed by atoms with E-state index in [-0.39, 0.29) is 5.91 Å². The SMILES string of the molecule is CCCCN(CC)C(=O)c1ccc(OC(C)=O)cc1-c1ccc(Cl)c(Cl)c1. The molecule has 0 aliphatic rings. The number of hydrogen-bond acceptors (Lipinski definition) is 3. The Bertz CT molecular complexity index is 836. The highest BCUT2D eigenvalue weighted by molar-refractivity contribution is 6.42. The Kier molecular flexibility index (Phi) is 7.69. The van der Waals surface area contributed by atoms with Gasteiger partial charge in [-0.15, -0.1) is 0 Å². The molecule has 4 nitrogen and oxygen atoms in total. The van der Waals surface area contributed by atoms with Crippen LogP contribution in [0, 0.1) is 0 Å². The number of unbranched alkanes of at least 4 members (excludes halogenated alkanes) is 1. The molecule has 0 atom stereocenters. The van der Waals surface area contributed by atoms with Crippen LogP contribution in [0.15, 0.2) is 36.4 Å². The van der Waals surface area contributed by atoms with Gasteiger partial charge >= 0.3 is 5.97 Å². The molecule has 0 N–H and O–H groups in total. The third kappa shape index (κ3) is 5.47. The Hall–Kier alpha value is -2.04. The van der Waals surface area contributed by atoms with Crippen LogP contribution in [0.5, 0.6) is 5.75 Å². The molecule has 0 aliphatic heterocycles. The van der Waals surface area contributed by atoms with Crippen molar-refractivity contribution < 1.29 is 14.3 Å². The van der Waals surface area contributed by atoms with Crippen molar-refractivity contribution >= 4 is 35.1 Å². The Morgan fingerprint density at radius 1 is 1.04 bits per heavy atom. The summed E-state index contributed by atoms with van der Waals surface area (Å²) < 4.78 is 5.19. The first-order valence-electron chi connectivity index (χ1n) is 8.94. The zero-order valence-corrected chi connectivity index (χ0v) is 17.2. The monoisotopic (exact) mass is 407 g/mol. The lowest BCUT2D eigenvalue weighted by molar-refractivity contribution is -0.131. The number of hydrogen-bond donors (Lipinski definition) is 0. The van der Waals surface area contributed by atoms with Crippen LogP contribution in [-0.4, -0.2) is 29.9 Å². The minimum atomic E-state index is -0.424. The average Bonchev–Trinajstić information content (AvgIpc) is 2.64. The van der Waals surface area contributed by atoms with Gasteiger partial charge in [0.25, 0.3) is 5.91 Å². The lowest BCUT2D eigenvalue weighted by Crippen LogP contribution is -2.32. The predicted molar refractivity (Wildman–Crippen MR) is 110 cm³/mol. The fourth-order valence-corrected chi connectivity index (χ4v) is 3.06. The standard InChI is InChI=1S/C21H23Cl2NO3/c1-4-6-11-24(5-2)21(26)17-9-8-16(27-14(3)25)13-18(17)15-7-10-19(22)20(23)12-15/h7-10,12-13H,4-6,11H2,1-3H3. The third-order valence-corrected chi connectivity index (χ3v) is 4.90. The Balaban J connectivity index is 2.53. The van der Waals surface area contributed by atoms with Gasteiger partial charge < -0.3 is 9.64 Å². The van der Waals surface area contributed by atoms with Crippen LogP contribution in [0.1, 0.15) is 44.0 Å². The molecule has 1 amide bonds. The number of carbonyl (C=O) groups is 2. The molecule has 2 aromatic rings. The summed E-state index contributed by atoms with van der Waals surface area (Å²) in [5.74, 6) is -0.120. The van der Waals surface area contributed by atoms with Gasteiger partial charge in [-0.3, -0.25) is 9.59 Å². The molecule has 0 bridgehead atoms. The van der Waals surface area contributed by atoms with E-state index in [1.54, 1.807) is 36.4 Å². The zero-order chi connectivity index (χ0) is 20.0. The average molecular weight is 408 g/mol. The van der Waals surface area contributed by atoms with Crippen LogP contribution >= 0.6 is 23.2 Å². The topological polar surface area (TPSA) is 46.6 Å². The van der Waals surface area contributed by atoms with E-state index in [2.05, 4.69) is 6.92 Å². The first-order chi connectivity index (χ1) is 12.9. The first-order valence-corrected chi connectivity index (χ1v) is 9.70. The van der Waals surface area contributed by atoms with E-state index in [1.807, 2.05) is 11.8 Å². The van der Waals surface area contributed by atoms with E-state index in [4.69, 9.17) is 27.9 Å². The van der Waals surface area contributed by atoms with Gasteiger partial charge in [0.05, 0.1) is 10.0 Å². The van der Waals surface area contributed by atoms with Gasteiger partial charge in [-0.25, -0.2) is 0 Å². The zero-order valence-electron chi connectivity index (χ0n) is 15.7. The molecule has 6 heteroatoms. The summed E-state index contributed by atoms with van der Waals surface area (Å²) in [5, 5.41) is 0.825. The molecule has 0 aromatic heterocycles. The van der Waals surface area contributed by atoms with Gasteiger partial charge in [0, 0.05) is 25.6 Å². The number of nitrogens with zero attached hydrogens (tertiary/aromatic N) is 1. The molecule has 0 unspecified atom stereocenters. The number of halogens is 2. The predicted octanol–water partition coefficient (Wildman–Crippen LogP) is 5.85. The Morgan fingerprint density at radius 3 is 2.37 bits per heavy atom. The van der Waals surface area contributed by atoms with Gasteiger partial charge in [0.1, 0.15) is 5.75 Å². The van der Waals surface area contributed by atoms with Crippen molar-refractivity contribution in [2.75, 3.05) is 13.1 Å². The summed E-state index contributed by atoms with van der Waals surface area (Å²) in [6, 6.07) is 10.2. The van der Waals surface area contributed by atoms with Crippen LogP contribution in [0.3, 0.4) is 0 Å². The summed E-state index contributed by atoms with van der Waals surface area (Å²) in [6.45, 7) is 6.69. The highest BCUT2D eigenvalue weighted by atomic mass is 35.5. The number of rotatable bonds is 7. The van der Waals surface area contributed by atoms with E-state index in [1.165, 1.54) is 6.92 Å². The van der Waals surface area contributed by atoms with Crippen molar-refractivity contribution in [1.82, 2.24) is 4.90 Å². The molecule has 0 spiro atoms. The van der Waals surface area contributed by atoms with E-state index in [0.29, 0.717) is 40.0 Å². The normalized spacial score (nSPS) is 10.6. The van der Waals surface area contributed by atoms with Crippen molar-refractivity contribution in [2.24, 2.45) is 0 Å². The third-order valence-electron chi connectivity index (χ3n) is 4.16. The maximum atomic E-state index is 13.1. The molecule has 0 fully saturated rings. The molecule has 0 heterocycles. The minimum absolute atomic E-state index is 0.0682. The number of benzene rings is 2. The first kappa shape index (κ1) is 21.3. The van der Waals surface area contributed by atoms with Crippen LogP contribution in [-0.2, 0) is 4.79 Å². The molecule has 0 saturated carbocycles. The maximum Gasteiger partial charge on any atom is 0.308 e. The molecule has 0 aliphatic carbocycles. The molecule has 0 saturated heterocycles. The van der Waals surface area contributed by atoms with Crippen LogP contribution < -0.4 is 4.74 Å². The molecule has 144 valence electrons. The van der Waals surface area contributed by atoms with Crippen LogP contribution in [0.2, 0.25) is 10.0 Å². The highest BCUT2D eigenvalue weighted by Gasteiger charge is 2.20. The smallest absolute Gasteiger partial charge is 0.308 e. The fraction of sp³-hybridized carbons (Fsp3) is 0.333. The Morgan fingerprint density at radius 2 is 1.78 bits per heavy atom. The highest BCUT2D eigenvalue weighted by Crippen LogP contribution is 2.33. The second-order valence-electron chi connectivity index (χ2n) is 6.17. The Labute approximate surface area is 170 Å². The van der Waals surface area contributed by atoms with Crippen molar-refractivity contribution in [3.63, 3.8) is 0 Å². The lowest BCUT2D eigenvalue weighted by Gasteiger charge is -2.22. The van der Waals surface area contributed by atoms with Gasteiger partial charge in [-0.2, -0.15) is 0 Å². The van der Waals surface area contributed by atoms with E-state index in [0.717, 1.165) is 18.4 Å². The summed E-state index contributed by atoms with van der Waals surface area (Å²) in [6.07, 6.45) is 1.95. The van der Waals surface area contributed by atoms with Gasteiger partial charge in [0.2, 0.25) is 0 Å². The fourth-order valence-electron chi connectivity index (χ4n) is 2.76. The van der Waals surface area contributed by atoms with Crippen molar-refractivity contribution in [3.05, 3.63) is 52.0 Å². The molecular weight excluding hydrogens is 385 g/mol. The molecule has 2 rings (SSSR count).